The molecule has 2 aromatic carbocycles. The lowest BCUT2D eigenvalue weighted by atomic mass is 9.87. The van der Waals surface area contributed by atoms with Gasteiger partial charge < -0.3 is 14.3 Å². The fourth-order valence-corrected chi connectivity index (χ4v) is 9.73. The molecule has 1 aliphatic heterocycles. The topological polar surface area (TPSA) is 59.0 Å². The molecule has 0 aromatic heterocycles. The minimum atomic E-state index is -2.70. The van der Waals surface area contributed by atoms with Crippen LogP contribution >= 0.6 is 0 Å². The predicted molar refractivity (Wildman–Crippen MR) is 131 cm³/mol. The molecule has 0 saturated carbocycles. The molecule has 2 aromatic rings. The summed E-state index contributed by atoms with van der Waals surface area (Å²) in [6.07, 6.45) is 1.37. The Morgan fingerprint density at radius 3 is 2.00 bits per heavy atom. The molecule has 0 unspecified atom stereocenters. The van der Waals surface area contributed by atoms with Gasteiger partial charge in [0.15, 0.2) is 0 Å². The maximum Gasteiger partial charge on any atom is 0.410 e. The minimum Gasteiger partial charge on any atom is -0.453 e. The monoisotopic (exact) mass is 455 g/mol. The Kier molecular flexibility index (Phi) is 7.80. The molecule has 32 heavy (non-hydrogen) atoms. The lowest BCUT2D eigenvalue weighted by Gasteiger charge is -2.47. The van der Waals surface area contributed by atoms with Gasteiger partial charge in [0.05, 0.1) is 32.4 Å². The van der Waals surface area contributed by atoms with Crippen molar-refractivity contribution in [2.45, 2.75) is 57.7 Å². The Hall–Kier alpha value is -2.15. The van der Waals surface area contributed by atoms with E-state index in [1.54, 1.807) is 4.90 Å². The highest BCUT2D eigenvalue weighted by Crippen LogP contribution is 2.38. The number of aliphatic hydroxyl groups excluding tert-OH is 1. The van der Waals surface area contributed by atoms with Crippen molar-refractivity contribution in [1.82, 2.24) is 4.90 Å². The van der Waals surface area contributed by atoms with Crippen molar-refractivity contribution >= 4 is 24.8 Å². The van der Waals surface area contributed by atoms with Gasteiger partial charge in [-0.15, -0.1) is 0 Å². The zero-order valence-electron chi connectivity index (χ0n) is 20.0. The van der Waals surface area contributed by atoms with Gasteiger partial charge in [-0.25, -0.2) is 4.79 Å². The highest BCUT2D eigenvalue weighted by Gasteiger charge is 2.51. The first-order chi connectivity index (χ1) is 15.3. The number of nitrogens with zero attached hydrogens (tertiary/aromatic N) is 1. The molecular weight excluding hydrogens is 418 g/mol. The van der Waals surface area contributed by atoms with Crippen molar-refractivity contribution in [2.75, 3.05) is 20.3 Å². The Labute approximate surface area is 193 Å². The maximum atomic E-state index is 12.7. The van der Waals surface area contributed by atoms with E-state index in [2.05, 4.69) is 76.2 Å². The minimum absolute atomic E-state index is 0.0774. The number of hydrogen-bond acceptors (Lipinski definition) is 4. The average molecular weight is 456 g/mol. The number of methoxy groups -OCH3 is 1. The SMILES string of the molecule is COC(=O)N1[C@@H](CO[Si](c2ccccc2)(c2ccccc2)C(C)(C)C)CC[C@H](C)[C@H]1CO. The summed E-state index contributed by atoms with van der Waals surface area (Å²) in [5.41, 5.74) is 0. The number of benzene rings is 2. The molecule has 1 fully saturated rings. The maximum absolute atomic E-state index is 12.7. The van der Waals surface area contributed by atoms with Crippen molar-refractivity contribution < 1.29 is 19.1 Å². The predicted octanol–water partition coefficient (Wildman–Crippen LogP) is 3.79. The molecule has 3 atom stereocenters. The van der Waals surface area contributed by atoms with E-state index in [1.807, 2.05) is 12.1 Å². The van der Waals surface area contributed by atoms with Gasteiger partial charge >= 0.3 is 6.09 Å². The standard InChI is InChI=1S/C26H37NO4Si/c1-20-16-17-21(27(24(20)18-28)25(29)30-5)19-31-32(26(2,3)4,22-12-8-6-9-13-22)23-14-10-7-11-15-23/h6-15,20-21,24,28H,16-19H2,1-5H3/t20-,21+,24+/m0/s1. The first-order valence-corrected chi connectivity index (χ1v) is 13.4. The van der Waals surface area contributed by atoms with Crippen LogP contribution in [0, 0.1) is 5.92 Å². The van der Waals surface area contributed by atoms with Crippen molar-refractivity contribution in [2.24, 2.45) is 5.92 Å². The van der Waals surface area contributed by atoms with E-state index >= 15 is 0 Å². The van der Waals surface area contributed by atoms with E-state index < -0.39 is 14.4 Å². The van der Waals surface area contributed by atoms with Crippen LogP contribution in [0.2, 0.25) is 5.04 Å². The van der Waals surface area contributed by atoms with Crippen LogP contribution in [0.25, 0.3) is 0 Å². The summed E-state index contributed by atoms with van der Waals surface area (Å²) in [5, 5.41) is 12.3. The number of rotatable bonds is 6. The van der Waals surface area contributed by atoms with E-state index in [1.165, 1.54) is 17.5 Å². The zero-order valence-corrected chi connectivity index (χ0v) is 21.0. The normalized spacial score (nSPS) is 21.9. The third-order valence-corrected chi connectivity index (χ3v) is 11.8. The molecule has 0 radical (unpaired) electrons. The Bertz CT molecular complexity index is 829. The molecule has 6 heteroatoms. The van der Waals surface area contributed by atoms with Crippen LogP contribution < -0.4 is 10.4 Å². The molecule has 5 nitrogen and oxygen atoms in total. The molecule has 0 spiro atoms. The highest BCUT2D eigenvalue weighted by atomic mass is 28.4. The van der Waals surface area contributed by atoms with Crippen molar-refractivity contribution in [1.29, 1.82) is 0 Å². The summed E-state index contributed by atoms with van der Waals surface area (Å²) in [6.45, 7) is 9.15. The van der Waals surface area contributed by atoms with Gasteiger partial charge in [0.1, 0.15) is 0 Å². The quantitative estimate of drug-likeness (QED) is 0.674. The fourth-order valence-electron chi connectivity index (χ4n) is 5.14. The molecular formula is C26H37NO4Si. The van der Waals surface area contributed by atoms with E-state index in [9.17, 15) is 9.90 Å². The van der Waals surface area contributed by atoms with E-state index in [4.69, 9.17) is 9.16 Å². The second-order valence-electron chi connectivity index (χ2n) is 9.81. The van der Waals surface area contributed by atoms with Crippen LogP contribution in [0.4, 0.5) is 4.79 Å². The lowest BCUT2D eigenvalue weighted by Crippen LogP contribution is -2.68. The Balaban J connectivity index is 2.03. The summed E-state index contributed by atoms with van der Waals surface area (Å²) < 4.78 is 12.2. The summed E-state index contributed by atoms with van der Waals surface area (Å²) >= 11 is 0. The summed E-state index contributed by atoms with van der Waals surface area (Å²) in [4.78, 5) is 14.4. The average Bonchev–Trinajstić information content (AvgIpc) is 2.80. The zero-order chi connectivity index (χ0) is 23.4. The van der Waals surface area contributed by atoms with Gasteiger partial charge in [0, 0.05) is 0 Å². The summed E-state index contributed by atoms with van der Waals surface area (Å²) in [7, 11) is -1.30. The Morgan fingerprint density at radius 2 is 1.56 bits per heavy atom. The number of aliphatic hydroxyl groups is 1. The van der Waals surface area contributed by atoms with Gasteiger partial charge in [-0.2, -0.15) is 0 Å². The molecule has 1 N–H and O–H groups in total. The second kappa shape index (κ2) is 10.2. The van der Waals surface area contributed by atoms with Crippen LogP contribution in [0.5, 0.6) is 0 Å². The number of likely N-dealkylation sites (tertiary alicyclic amines) is 1. The van der Waals surface area contributed by atoms with Crippen LogP contribution in [-0.4, -0.2) is 56.8 Å². The van der Waals surface area contributed by atoms with E-state index in [-0.39, 0.29) is 29.6 Å². The molecule has 3 rings (SSSR count). The number of amides is 1. The van der Waals surface area contributed by atoms with E-state index in [0.717, 1.165) is 12.8 Å². The fraction of sp³-hybridized carbons (Fsp3) is 0.500. The summed E-state index contributed by atoms with van der Waals surface area (Å²) in [6, 6.07) is 20.6. The van der Waals surface area contributed by atoms with Crippen molar-refractivity contribution in [3.05, 3.63) is 60.7 Å². The number of hydrogen-bond donors (Lipinski definition) is 1. The number of carbonyl (C=O) groups is 1. The number of carbonyl (C=O) groups excluding carboxylic acids is 1. The van der Waals surface area contributed by atoms with Gasteiger partial charge in [0.2, 0.25) is 0 Å². The second-order valence-corrected chi connectivity index (χ2v) is 14.1. The van der Waals surface area contributed by atoms with Crippen LogP contribution in [0.3, 0.4) is 0 Å². The molecule has 0 bridgehead atoms. The summed E-state index contributed by atoms with van der Waals surface area (Å²) in [5.74, 6) is 0.211. The van der Waals surface area contributed by atoms with Gasteiger partial charge in [-0.05, 0) is 34.2 Å². The molecule has 1 aliphatic rings. The van der Waals surface area contributed by atoms with E-state index in [0.29, 0.717) is 6.61 Å². The molecule has 1 heterocycles. The molecule has 0 aliphatic carbocycles. The lowest BCUT2D eigenvalue weighted by molar-refractivity contribution is -0.00320. The highest BCUT2D eigenvalue weighted by molar-refractivity contribution is 6.99. The smallest absolute Gasteiger partial charge is 0.410 e. The molecule has 174 valence electrons. The first-order valence-electron chi connectivity index (χ1n) is 11.5. The number of piperidine rings is 1. The molecule has 1 amide bonds. The van der Waals surface area contributed by atoms with Gasteiger partial charge in [0.25, 0.3) is 8.32 Å². The Morgan fingerprint density at radius 1 is 1.03 bits per heavy atom. The van der Waals surface area contributed by atoms with Gasteiger partial charge in [-0.3, -0.25) is 4.90 Å². The number of ether oxygens (including phenoxy) is 1. The van der Waals surface area contributed by atoms with Crippen LogP contribution in [-0.2, 0) is 9.16 Å². The van der Waals surface area contributed by atoms with Crippen LogP contribution in [0.15, 0.2) is 60.7 Å². The first kappa shape index (κ1) is 24.5. The van der Waals surface area contributed by atoms with Crippen molar-refractivity contribution in [3.63, 3.8) is 0 Å². The largest absolute Gasteiger partial charge is 0.453 e. The third-order valence-electron chi connectivity index (χ3n) is 6.84. The third kappa shape index (κ3) is 4.63. The molecule has 1 saturated heterocycles. The van der Waals surface area contributed by atoms with Gasteiger partial charge in [-0.1, -0.05) is 88.4 Å². The van der Waals surface area contributed by atoms with Crippen molar-refractivity contribution in [3.8, 4) is 0 Å². The van der Waals surface area contributed by atoms with Crippen LogP contribution in [0.1, 0.15) is 40.5 Å².